The van der Waals surface area contributed by atoms with E-state index >= 15 is 0 Å². The number of oxazole rings is 1. The summed E-state index contributed by atoms with van der Waals surface area (Å²) in [5, 5.41) is 0. The fourth-order valence-electron chi connectivity index (χ4n) is 9.11. The maximum atomic E-state index is 6.35. The van der Waals surface area contributed by atoms with E-state index in [2.05, 4.69) is 205 Å². The lowest BCUT2D eigenvalue weighted by Gasteiger charge is -2.35. The van der Waals surface area contributed by atoms with Crippen LogP contribution in [0.2, 0.25) is 0 Å². The molecule has 0 saturated carbocycles. The summed E-state index contributed by atoms with van der Waals surface area (Å²) in [5.41, 5.74) is 17.1. The second-order valence-corrected chi connectivity index (χ2v) is 15.1. The molecule has 0 atom stereocenters. The van der Waals surface area contributed by atoms with Crippen molar-refractivity contribution in [3.63, 3.8) is 0 Å². The molecule has 0 fully saturated rings. The van der Waals surface area contributed by atoms with E-state index < -0.39 is 5.41 Å². The fourth-order valence-corrected chi connectivity index (χ4v) is 9.11. The third-order valence-corrected chi connectivity index (χ3v) is 11.7. The van der Waals surface area contributed by atoms with Gasteiger partial charge in [-0.2, -0.15) is 0 Å². The van der Waals surface area contributed by atoms with Crippen molar-refractivity contribution >= 4 is 28.2 Å². The Morgan fingerprint density at radius 2 is 0.847 bits per heavy atom. The lowest BCUT2D eigenvalue weighted by molar-refractivity contribution is 0.620. The Morgan fingerprint density at radius 1 is 0.356 bits per heavy atom. The van der Waals surface area contributed by atoms with Crippen LogP contribution in [0.25, 0.3) is 55.9 Å². The van der Waals surface area contributed by atoms with Crippen LogP contribution in [0.15, 0.2) is 235 Å². The normalized spacial score (nSPS) is 12.5. The first kappa shape index (κ1) is 34.5. The monoisotopic (exact) mass is 754 g/mol. The minimum Gasteiger partial charge on any atom is -0.436 e. The van der Waals surface area contributed by atoms with Gasteiger partial charge in [-0.1, -0.05) is 170 Å². The largest absolute Gasteiger partial charge is 0.436 e. The molecule has 10 aromatic rings. The van der Waals surface area contributed by atoms with Gasteiger partial charge < -0.3 is 9.32 Å². The average Bonchev–Trinajstić information content (AvgIpc) is 3.88. The van der Waals surface area contributed by atoms with Crippen LogP contribution in [-0.4, -0.2) is 4.98 Å². The van der Waals surface area contributed by atoms with E-state index in [1.165, 1.54) is 33.4 Å². The van der Waals surface area contributed by atoms with E-state index in [4.69, 9.17) is 9.40 Å². The standard InChI is InChI=1S/C56H38N2O/c1-6-18-39(19-7-1)42-34-43(40-20-8-2-9-21-40)36-48(35-42)58(47-31-33-54-53(38-47)57-55(59-54)41-22-10-3-11-23-41)46-30-32-50-49-28-16-17-29-51(49)56(52(50)37-46,44-24-12-4-13-25-44)45-26-14-5-15-27-45/h1-38H. The van der Waals surface area contributed by atoms with Gasteiger partial charge in [-0.3, -0.25) is 0 Å². The van der Waals surface area contributed by atoms with Gasteiger partial charge in [-0.05, 0) is 116 Å². The van der Waals surface area contributed by atoms with Crippen molar-refractivity contribution in [1.29, 1.82) is 0 Å². The lowest BCUT2D eigenvalue weighted by atomic mass is 9.67. The first-order valence-corrected chi connectivity index (χ1v) is 20.1. The zero-order chi connectivity index (χ0) is 39.2. The molecular formula is C56H38N2O. The minimum atomic E-state index is -0.544. The molecule has 3 heteroatoms. The molecule has 0 amide bonds. The highest BCUT2D eigenvalue weighted by Crippen LogP contribution is 2.57. The Hall–Kier alpha value is -7.75. The van der Waals surface area contributed by atoms with Crippen LogP contribution in [0.3, 0.4) is 0 Å². The maximum absolute atomic E-state index is 6.35. The summed E-state index contributed by atoms with van der Waals surface area (Å²) < 4.78 is 6.35. The van der Waals surface area contributed by atoms with Crippen molar-refractivity contribution in [2.24, 2.45) is 0 Å². The van der Waals surface area contributed by atoms with Crippen molar-refractivity contribution in [3.8, 4) is 44.8 Å². The summed E-state index contributed by atoms with van der Waals surface area (Å²) >= 11 is 0. The number of hydrogen-bond donors (Lipinski definition) is 0. The topological polar surface area (TPSA) is 29.3 Å². The zero-order valence-electron chi connectivity index (χ0n) is 32.2. The number of benzene rings is 9. The first-order valence-electron chi connectivity index (χ1n) is 20.1. The molecule has 11 rings (SSSR count). The van der Waals surface area contributed by atoms with E-state index in [-0.39, 0.29) is 0 Å². The van der Waals surface area contributed by atoms with Crippen LogP contribution in [0.1, 0.15) is 22.3 Å². The summed E-state index contributed by atoms with van der Waals surface area (Å²) in [6.45, 7) is 0. The maximum Gasteiger partial charge on any atom is 0.227 e. The van der Waals surface area contributed by atoms with Gasteiger partial charge in [-0.25, -0.2) is 4.98 Å². The van der Waals surface area contributed by atoms with E-state index in [1.807, 2.05) is 30.3 Å². The molecule has 0 N–H and O–H groups in total. The van der Waals surface area contributed by atoms with Crippen molar-refractivity contribution in [2.75, 3.05) is 4.90 Å². The van der Waals surface area contributed by atoms with Crippen molar-refractivity contribution in [2.45, 2.75) is 5.41 Å². The van der Waals surface area contributed by atoms with Gasteiger partial charge in [0.2, 0.25) is 5.89 Å². The predicted octanol–water partition coefficient (Wildman–Crippen LogP) is 14.7. The van der Waals surface area contributed by atoms with E-state index in [9.17, 15) is 0 Å². The van der Waals surface area contributed by atoms with Gasteiger partial charge in [0.25, 0.3) is 0 Å². The van der Waals surface area contributed by atoms with Gasteiger partial charge in [0.05, 0.1) is 5.41 Å². The SMILES string of the molecule is c1ccc(-c2cc(-c3ccccc3)cc(N(c3ccc4c(c3)C(c3ccccc3)(c3ccccc3)c3ccccc3-4)c3ccc4oc(-c5ccccc5)nc4c3)c2)cc1. The molecule has 1 aliphatic rings. The summed E-state index contributed by atoms with van der Waals surface area (Å²) in [5.74, 6) is 0.604. The van der Waals surface area contributed by atoms with Crippen molar-refractivity contribution < 1.29 is 4.42 Å². The highest BCUT2D eigenvalue weighted by Gasteiger charge is 2.46. The van der Waals surface area contributed by atoms with Crippen LogP contribution >= 0.6 is 0 Å². The Morgan fingerprint density at radius 3 is 1.46 bits per heavy atom. The average molecular weight is 755 g/mol. The summed E-state index contributed by atoms with van der Waals surface area (Å²) in [7, 11) is 0. The third kappa shape index (κ3) is 5.86. The molecule has 59 heavy (non-hydrogen) atoms. The van der Waals surface area contributed by atoms with E-state index in [0.717, 1.165) is 56.0 Å². The second kappa shape index (κ2) is 14.3. The molecule has 0 bridgehead atoms. The van der Waals surface area contributed by atoms with Crippen LogP contribution in [0.5, 0.6) is 0 Å². The molecule has 278 valence electrons. The number of nitrogens with zero attached hydrogens (tertiary/aromatic N) is 2. The number of aromatic nitrogens is 1. The van der Waals surface area contributed by atoms with Crippen molar-refractivity contribution in [3.05, 3.63) is 253 Å². The molecule has 9 aromatic carbocycles. The Balaban J connectivity index is 1.19. The number of fused-ring (bicyclic) bond motifs is 4. The Labute approximate surface area is 344 Å². The molecule has 0 radical (unpaired) electrons. The number of anilines is 3. The van der Waals surface area contributed by atoms with E-state index in [0.29, 0.717) is 5.89 Å². The van der Waals surface area contributed by atoms with Gasteiger partial charge in [0, 0.05) is 22.6 Å². The Kier molecular flexibility index (Phi) is 8.37. The molecule has 0 spiro atoms. The van der Waals surface area contributed by atoms with Crippen molar-refractivity contribution in [1.82, 2.24) is 4.98 Å². The molecule has 3 nitrogen and oxygen atoms in total. The quantitative estimate of drug-likeness (QED) is 0.155. The van der Waals surface area contributed by atoms with Gasteiger partial charge in [-0.15, -0.1) is 0 Å². The predicted molar refractivity (Wildman–Crippen MR) is 242 cm³/mol. The summed E-state index contributed by atoms with van der Waals surface area (Å²) in [6, 6.07) is 82.6. The van der Waals surface area contributed by atoms with Crippen LogP contribution in [0.4, 0.5) is 17.1 Å². The zero-order valence-corrected chi connectivity index (χ0v) is 32.2. The van der Waals surface area contributed by atoms with Gasteiger partial charge >= 0.3 is 0 Å². The smallest absolute Gasteiger partial charge is 0.227 e. The van der Waals surface area contributed by atoms with Gasteiger partial charge in [0.15, 0.2) is 5.58 Å². The molecule has 0 unspecified atom stereocenters. The highest BCUT2D eigenvalue weighted by atomic mass is 16.3. The molecular weight excluding hydrogens is 717 g/mol. The van der Waals surface area contributed by atoms with Crippen LogP contribution in [0, 0.1) is 0 Å². The van der Waals surface area contributed by atoms with Gasteiger partial charge in [0.1, 0.15) is 5.52 Å². The lowest BCUT2D eigenvalue weighted by Crippen LogP contribution is -2.28. The molecule has 1 aliphatic carbocycles. The first-order chi connectivity index (χ1) is 29.2. The van der Waals surface area contributed by atoms with Crippen LogP contribution < -0.4 is 4.90 Å². The molecule has 1 aromatic heterocycles. The summed E-state index contributed by atoms with van der Waals surface area (Å²) in [6.07, 6.45) is 0. The molecule has 0 aliphatic heterocycles. The fraction of sp³-hybridized carbons (Fsp3) is 0.0179. The Bertz CT molecular complexity index is 2990. The second-order valence-electron chi connectivity index (χ2n) is 15.1. The number of rotatable bonds is 8. The van der Waals surface area contributed by atoms with Crippen LogP contribution in [-0.2, 0) is 5.41 Å². The van der Waals surface area contributed by atoms with E-state index in [1.54, 1.807) is 0 Å². The third-order valence-electron chi connectivity index (χ3n) is 11.7. The molecule has 1 heterocycles. The molecule has 0 saturated heterocycles. The summed E-state index contributed by atoms with van der Waals surface area (Å²) in [4.78, 5) is 7.43. The number of hydrogen-bond acceptors (Lipinski definition) is 3. The minimum absolute atomic E-state index is 0.544. The highest BCUT2D eigenvalue weighted by molar-refractivity contribution is 5.92.